The first-order chi connectivity index (χ1) is 35.6. The molecule has 6 atom stereocenters. The summed E-state index contributed by atoms with van der Waals surface area (Å²) in [5.74, 6) is 0. The molecule has 3 aliphatic carbocycles. The molecule has 0 spiro atoms. The maximum atomic E-state index is 5.02. The molecule has 12 nitrogen and oxygen atoms in total. The van der Waals surface area contributed by atoms with Gasteiger partial charge in [0, 0.05) is 37.3 Å². The summed E-state index contributed by atoms with van der Waals surface area (Å²) in [7, 11) is 0. The Balaban J connectivity index is 0.845. The average molecular weight is 949 g/mol. The maximum absolute atomic E-state index is 5.02. The maximum Gasteiger partial charge on any atom is 0.0857 e. The Bertz CT molecular complexity index is 2440. The molecular weight excluding hydrogens is 889 g/mol. The molecule has 0 N–H and O–H groups in total. The van der Waals surface area contributed by atoms with Crippen molar-refractivity contribution < 1.29 is 0 Å². The zero-order valence-electron chi connectivity index (χ0n) is 40.6. The highest BCUT2D eigenvalue weighted by molar-refractivity contribution is 5.84. The van der Waals surface area contributed by atoms with Crippen LogP contribution in [0.3, 0.4) is 0 Å². The van der Waals surface area contributed by atoms with Gasteiger partial charge >= 0.3 is 0 Å². The summed E-state index contributed by atoms with van der Waals surface area (Å²) in [6.45, 7) is 0. The van der Waals surface area contributed by atoms with E-state index < -0.39 is 0 Å². The van der Waals surface area contributed by atoms with Crippen molar-refractivity contribution in [1.29, 1.82) is 0 Å². The van der Waals surface area contributed by atoms with Crippen LogP contribution in [0.2, 0.25) is 0 Å². The highest BCUT2D eigenvalue weighted by atomic mass is 15.1. The number of rotatable bonds is 0. The van der Waals surface area contributed by atoms with Gasteiger partial charge in [-0.2, -0.15) is 30.7 Å². The van der Waals surface area contributed by atoms with E-state index in [-0.39, 0.29) is 36.3 Å². The van der Waals surface area contributed by atoms with E-state index in [1.54, 1.807) is 0 Å². The second-order valence-corrected chi connectivity index (χ2v) is 19.1. The van der Waals surface area contributed by atoms with Crippen molar-refractivity contribution in [2.45, 2.75) is 113 Å². The van der Waals surface area contributed by atoms with Crippen LogP contribution in [0.1, 0.15) is 110 Å². The zero-order valence-corrected chi connectivity index (χ0v) is 40.6. The fourth-order valence-corrected chi connectivity index (χ4v) is 9.52. The Morgan fingerprint density at radius 1 is 0.194 bits per heavy atom. The minimum absolute atomic E-state index is 0.138. The second-order valence-electron chi connectivity index (χ2n) is 19.1. The van der Waals surface area contributed by atoms with Crippen LogP contribution in [-0.4, -0.2) is 73.5 Å². The van der Waals surface area contributed by atoms with Crippen molar-refractivity contribution in [1.82, 2.24) is 0 Å². The normalized spacial score (nSPS) is 22.7. The van der Waals surface area contributed by atoms with Crippen molar-refractivity contribution in [2.75, 3.05) is 0 Å². The van der Waals surface area contributed by atoms with E-state index in [0.717, 1.165) is 145 Å². The van der Waals surface area contributed by atoms with Gasteiger partial charge in [-0.25, -0.2) is 0 Å². The smallest absolute Gasteiger partial charge is 0.0857 e. The summed E-state index contributed by atoms with van der Waals surface area (Å²) < 4.78 is 0. The highest BCUT2D eigenvalue weighted by Crippen LogP contribution is 2.29. The molecule has 0 saturated heterocycles. The van der Waals surface area contributed by atoms with Gasteiger partial charge in [0.2, 0.25) is 0 Å². The highest BCUT2D eigenvalue weighted by Gasteiger charge is 2.25. The van der Waals surface area contributed by atoms with Crippen molar-refractivity contribution in [3.05, 3.63) is 179 Å². The van der Waals surface area contributed by atoms with Crippen molar-refractivity contribution >= 4 is 71.4 Å². The molecule has 360 valence electrons. The van der Waals surface area contributed by atoms with E-state index >= 15 is 0 Å². The van der Waals surface area contributed by atoms with Crippen LogP contribution >= 0.6 is 0 Å². The lowest BCUT2D eigenvalue weighted by Gasteiger charge is -2.25. The standard InChI is InChI=1S/C60H60N12/c1-2-8-56-55(7-1)61-37-43-13-25-49(26-14-43)67-69-51-29-17-45(18-30-51)39-63-57-9-3-4-10-58(57)65-41-47-21-33-53(34-22-47)71-72-54-35-23-48(24-36-54)42-66-60-12-6-5-11-59(60)64-40-46-19-31-52(32-20-46)70-68-50-27-15-44(16-28-50)38-62-56/h13-42,55-60H,1-12H2/t55-,56-,57-,58-,59+,60+/m0/s1. The van der Waals surface area contributed by atoms with E-state index in [0.29, 0.717) is 0 Å². The molecule has 0 amide bonds. The molecule has 12 bridgehead atoms. The minimum atomic E-state index is 0.138. The summed E-state index contributed by atoms with van der Waals surface area (Å²) in [4.78, 5) is 30.1. The predicted molar refractivity (Wildman–Crippen MR) is 295 cm³/mol. The quantitative estimate of drug-likeness (QED) is 0.143. The van der Waals surface area contributed by atoms with Crippen LogP contribution in [0.5, 0.6) is 0 Å². The Labute approximate surface area is 422 Å². The molecule has 12 heteroatoms. The fourth-order valence-electron chi connectivity index (χ4n) is 9.52. The Morgan fingerprint density at radius 2 is 0.333 bits per heavy atom. The molecule has 6 aromatic carbocycles. The van der Waals surface area contributed by atoms with Crippen molar-refractivity contribution in [2.24, 2.45) is 60.6 Å². The first kappa shape index (κ1) is 47.8. The van der Waals surface area contributed by atoms with Gasteiger partial charge in [-0.05, 0) is 145 Å². The van der Waals surface area contributed by atoms with Gasteiger partial charge in [0.15, 0.2) is 0 Å². The number of nitrogens with zero attached hydrogens (tertiary/aromatic N) is 12. The van der Waals surface area contributed by atoms with Crippen LogP contribution in [0.15, 0.2) is 206 Å². The summed E-state index contributed by atoms with van der Waals surface area (Å²) in [6.07, 6.45) is 24.9. The van der Waals surface area contributed by atoms with Crippen LogP contribution in [-0.2, 0) is 0 Å². The van der Waals surface area contributed by atoms with Crippen molar-refractivity contribution in [3.63, 3.8) is 0 Å². The van der Waals surface area contributed by atoms with Gasteiger partial charge < -0.3 is 0 Å². The summed E-state index contributed by atoms with van der Waals surface area (Å²) in [6, 6.07) is 49.1. The number of aliphatic imine (C=N–C) groups is 6. The topological polar surface area (TPSA) is 148 Å². The van der Waals surface area contributed by atoms with Gasteiger partial charge in [0.25, 0.3) is 0 Å². The molecule has 13 aliphatic rings. The third-order valence-corrected chi connectivity index (χ3v) is 13.8. The predicted octanol–water partition coefficient (Wildman–Crippen LogP) is 15.8. The van der Waals surface area contributed by atoms with Crippen LogP contribution in [0, 0.1) is 0 Å². The van der Waals surface area contributed by atoms with Gasteiger partial charge in [-0.3, -0.25) is 30.0 Å². The summed E-state index contributed by atoms with van der Waals surface area (Å²) in [5, 5.41) is 27.0. The molecular formula is C60H60N12. The van der Waals surface area contributed by atoms with E-state index in [4.69, 9.17) is 30.0 Å². The summed E-state index contributed by atoms with van der Waals surface area (Å²) >= 11 is 0. The Hall–Kier alpha value is -7.86. The molecule has 6 aromatic rings. The SMILES string of the molecule is C1=N[C@H]2CCCC[C@@H]2N=Cc2ccc(cc2)N=Nc2ccc(cc2)C=N[C@@H]2CCCC[C@H]2N=Cc2ccc(cc2)N=Nc2ccc(cc2)C=N[C@H]2CCCC[C@@H]2N=Cc2ccc(cc2)N=Nc2ccc1cc2. The molecule has 0 unspecified atom stereocenters. The fraction of sp³-hybridized carbons (Fsp3) is 0.300. The van der Waals surface area contributed by atoms with Gasteiger partial charge in [0.05, 0.1) is 70.4 Å². The number of hydrogen-bond acceptors (Lipinski definition) is 12. The molecule has 10 heterocycles. The second kappa shape index (κ2) is 24.3. The molecule has 3 fully saturated rings. The monoisotopic (exact) mass is 949 g/mol. The number of benzene rings is 6. The number of hydrogen-bond donors (Lipinski definition) is 0. The lowest BCUT2D eigenvalue weighted by Crippen LogP contribution is -2.27. The van der Waals surface area contributed by atoms with Gasteiger partial charge in [-0.15, -0.1) is 0 Å². The summed E-state index contributed by atoms with van der Waals surface area (Å²) in [5.41, 5.74) is 10.9. The Kier molecular flexibility index (Phi) is 16.1. The van der Waals surface area contributed by atoms with E-state index in [1.165, 1.54) is 0 Å². The zero-order chi connectivity index (χ0) is 48.6. The van der Waals surface area contributed by atoms with Crippen LogP contribution < -0.4 is 0 Å². The van der Waals surface area contributed by atoms with E-state index in [9.17, 15) is 0 Å². The molecule has 72 heavy (non-hydrogen) atoms. The largest absolute Gasteiger partial charge is 0.287 e. The van der Waals surface area contributed by atoms with E-state index in [2.05, 4.69) is 30.7 Å². The Morgan fingerprint density at radius 3 is 0.472 bits per heavy atom. The lowest BCUT2D eigenvalue weighted by atomic mass is 9.91. The lowest BCUT2D eigenvalue weighted by molar-refractivity contribution is 0.390. The van der Waals surface area contributed by atoms with Gasteiger partial charge in [0.1, 0.15) is 0 Å². The van der Waals surface area contributed by atoms with Crippen LogP contribution in [0.25, 0.3) is 0 Å². The first-order valence-electron chi connectivity index (χ1n) is 25.6. The van der Waals surface area contributed by atoms with Crippen molar-refractivity contribution in [3.8, 4) is 0 Å². The third kappa shape index (κ3) is 13.7. The third-order valence-electron chi connectivity index (χ3n) is 13.8. The molecule has 10 aliphatic heterocycles. The molecule has 0 radical (unpaired) electrons. The van der Waals surface area contributed by atoms with Gasteiger partial charge in [-0.1, -0.05) is 111 Å². The first-order valence-corrected chi connectivity index (χ1v) is 25.6. The minimum Gasteiger partial charge on any atom is -0.287 e. The number of azo groups is 3. The molecule has 3 saturated carbocycles. The average Bonchev–Trinajstić information content (AvgIpc) is 3.44. The molecule has 0 aromatic heterocycles. The van der Waals surface area contributed by atoms with Crippen LogP contribution in [0.4, 0.5) is 34.1 Å². The molecule has 19 rings (SSSR count). The van der Waals surface area contributed by atoms with E-state index in [1.807, 2.05) is 183 Å².